The largest absolute Gasteiger partial charge is 0.495 e. The first-order chi connectivity index (χ1) is 7.11. The van der Waals surface area contributed by atoms with E-state index in [9.17, 15) is 0 Å². The van der Waals surface area contributed by atoms with Crippen LogP contribution in [0.25, 0.3) is 0 Å². The van der Waals surface area contributed by atoms with Crippen molar-refractivity contribution in [1.82, 2.24) is 5.32 Å². The van der Waals surface area contributed by atoms with Crippen molar-refractivity contribution in [2.75, 3.05) is 32.8 Å². The highest BCUT2D eigenvalue weighted by Gasteiger charge is 2.12. The van der Waals surface area contributed by atoms with Gasteiger partial charge in [0.1, 0.15) is 10.8 Å². The molecule has 0 fully saturated rings. The van der Waals surface area contributed by atoms with Gasteiger partial charge in [0, 0.05) is 7.05 Å². The zero-order chi connectivity index (χ0) is 11.4. The molecule has 0 saturated carbocycles. The minimum atomic E-state index is 0.444. The van der Waals surface area contributed by atoms with E-state index in [1.165, 1.54) is 0 Å². The molecule has 0 saturated heterocycles. The van der Waals surface area contributed by atoms with Crippen LogP contribution in [0.15, 0.2) is 12.1 Å². The summed E-state index contributed by atoms with van der Waals surface area (Å²) < 4.78 is 5.07. The van der Waals surface area contributed by atoms with E-state index in [-0.39, 0.29) is 0 Å². The van der Waals surface area contributed by atoms with Crippen molar-refractivity contribution in [1.29, 1.82) is 0 Å². The molecule has 0 aliphatic heterocycles. The van der Waals surface area contributed by atoms with E-state index in [0.29, 0.717) is 22.5 Å². The third kappa shape index (κ3) is 2.68. The van der Waals surface area contributed by atoms with Crippen molar-refractivity contribution in [2.45, 2.75) is 0 Å². The molecule has 15 heavy (non-hydrogen) atoms. The zero-order valence-electron chi connectivity index (χ0n) is 8.97. The molecule has 0 aromatic heterocycles. The van der Waals surface area contributed by atoms with Gasteiger partial charge in [-0.1, -0.05) is 23.2 Å². The molecule has 1 rings (SSSR count). The van der Waals surface area contributed by atoms with Gasteiger partial charge in [0.05, 0.1) is 24.5 Å². The average Bonchev–Trinajstić information content (AvgIpc) is 2.22. The fourth-order valence-electron chi connectivity index (χ4n) is 1.30. The van der Waals surface area contributed by atoms with Gasteiger partial charge in [-0.15, -0.1) is 0 Å². The maximum Gasteiger partial charge on any atom is 0.139 e. The van der Waals surface area contributed by atoms with Crippen molar-refractivity contribution in [2.24, 2.45) is 0 Å². The zero-order valence-corrected chi connectivity index (χ0v) is 10.5. The number of hydrogen-bond acceptors (Lipinski definition) is 3. The van der Waals surface area contributed by atoms with Gasteiger partial charge in [-0.3, -0.25) is 0 Å². The molecule has 5 heteroatoms. The summed E-state index contributed by atoms with van der Waals surface area (Å²) in [5.41, 5.74) is 0.872. The first-order valence-electron chi connectivity index (χ1n) is 4.49. The van der Waals surface area contributed by atoms with Crippen molar-refractivity contribution in [3.63, 3.8) is 0 Å². The number of benzene rings is 1. The lowest BCUT2D eigenvalue weighted by Crippen LogP contribution is -2.28. The second kappa shape index (κ2) is 5.45. The summed E-state index contributed by atoms with van der Waals surface area (Å²) in [6.45, 7) is 0.697. The molecule has 1 aromatic carbocycles. The van der Waals surface area contributed by atoms with Gasteiger partial charge in [0.25, 0.3) is 0 Å². The number of hydrogen-bond donors (Lipinski definition) is 1. The predicted molar refractivity (Wildman–Crippen MR) is 65.3 cm³/mol. The van der Waals surface area contributed by atoms with E-state index in [4.69, 9.17) is 27.9 Å². The Morgan fingerprint density at radius 3 is 2.53 bits per heavy atom. The van der Waals surface area contributed by atoms with Gasteiger partial charge in [0.15, 0.2) is 0 Å². The summed E-state index contributed by atoms with van der Waals surface area (Å²) in [6.07, 6.45) is 0. The maximum absolute atomic E-state index is 6.13. The number of methoxy groups -OCH3 is 1. The number of anilines is 1. The van der Waals surface area contributed by atoms with E-state index in [0.717, 1.165) is 5.69 Å². The normalized spacial score (nSPS) is 10.2. The molecule has 0 heterocycles. The van der Waals surface area contributed by atoms with Crippen LogP contribution >= 0.6 is 23.2 Å². The Kier molecular flexibility index (Phi) is 4.51. The summed E-state index contributed by atoms with van der Waals surface area (Å²) in [4.78, 5) is 1.97. The minimum absolute atomic E-state index is 0.444. The minimum Gasteiger partial charge on any atom is -0.495 e. The monoisotopic (exact) mass is 248 g/mol. The Bertz CT molecular complexity index is 344. The smallest absolute Gasteiger partial charge is 0.139 e. The molecule has 0 aliphatic carbocycles. The lowest BCUT2D eigenvalue weighted by Gasteiger charge is -2.21. The van der Waals surface area contributed by atoms with Crippen molar-refractivity contribution < 1.29 is 4.74 Å². The summed E-state index contributed by atoms with van der Waals surface area (Å²) in [5, 5.41) is 3.99. The molecule has 0 aliphatic rings. The Labute approximate surface area is 99.9 Å². The van der Waals surface area contributed by atoms with Gasteiger partial charge in [-0.25, -0.2) is 0 Å². The highest BCUT2D eigenvalue weighted by Crippen LogP contribution is 2.38. The summed E-state index contributed by atoms with van der Waals surface area (Å²) in [5.74, 6) is 0.586. The van der Waals surface area contributed by atoms with Gasteiger partial charge in [-0.05, 0) is 19.2 Å². The van der Waals surface area contributed by atoms with Crippen LogP contribution < -0.4 is 15.0 Å². The molecular formula is C10H14Cl2N2O. The highest BCUT2D eigenvalue weighted by molar-refractivity contribution is 6.44. The summed E-state index contributed by atoms with van der Waals surface area (Å²) in [7, 11) is 5.37. The Morgan fingerprint density at radius 2 is 2.00 bits per heavy atom. The second-order valence-corrected chi connectivity index (χ2v) is 3.88. The van der Waals surface area contributed by atoms with Gasteiger partial charge < -0.3 is 15.0 Å². The number of nitrogens with zero attached hydrogens (tertiary/aromatic N) is 1. The van der Waals surface area contributed by atoms with E-state index in [1.807, 2.05) is 25.1 Å². The lowest BCUT2D eigenvalue weighted by atomic mass is 10.3. The van der Waals surface area contributed by atoms with Crippen LogP contribution in [0.3, 0.4) is 0 Å². The SMILES string of the molecule is CNCN(C)c1ccc(OC)c(Cl)c1Cl. The number of rotatable bonds is 4. The van der Waals surface area contributed by atoms with Gasteiger partial charge in [-0.2, -0.15) is 0 Å². The van der Waals surface area contributed by atoms with Crippen LogP contribution in [0.4, 0.5) is 5.69 Å². The average molecular weight is 249 g/mol. The molecule has 0 amide bonds. The van der Waals surface area contributed by atoms with E-state index < -0.39 is 0 Å². The molecule has 0 atom stereocenters. The molecule has 0 bridgehead atoms. The Balaban J connectivity index is 3.06. The topological polar surface area (TPSA) is 24.5 Å². The van der Waals surface area contributed by atoms with Crippen LogP contribution in [0.1, 0.15) is 0 Å². The summed E-state index contributed by atoms with van der Waals surface area (Å²) in [6, 6.07) is 3.68. The van der Waals surface area contributed by atoms with Crippen molar-refractivity contribution >= 4 is 28.9 Å². The third-order valence-corrected chi connectivity index (χ3v) is 2.91. The third-order valence-electron chi connectivity index (χ3n) is 2.05. The Morgan fingerprint density at radius 1 is 1.33 bits per heavy atom. The summed E-state index contributed by atoms with van der Waals surface area (Å²) >= 11 is 12.2. The first kappa shape index (κ1) is 12.4. The van der Waals surface area contributed by atoms with Crippen molar-refractivity contribution in [3.8, 4) is 5.75 Å². The van der Waals surface area contributed by atoms with Crippen LogP contribution in [0, 0.1) is 0 Å². The second-order valence-electron chi connectivity index (χ2n) is 3.12. The first-order valence-corrected chi connectivity index (χ1v) is 5.25. The van der Waals surface area contributed by atoms with E-state index in [2.05, 4.69) is 5.32 Å². The molecule has 1 N–H and O–H groups in total. The standard InChI is InChI=1S/C10H14Cl2N2O/c1-13-6-14(2)7-4-5-8(15-3)10(12)9(7)11/h4-5,13H,6H2,1-3H3. The molecular weight excluding hydrogens is 235 g/mol. The number of ether oxygens (including phenoxy) is 1. The van der Waals surface area contributed by atoms with Gasteiger partial charge in [0.2, 0.25) is 0 Å². The van der Waals surface area contributed by atoms with Gasteiger partial charge >= 0.3 is 0 Å². The lowest BCUT2D eigenvalue weighted by molar-refractivity contribution is 0.415. The molecule has 0 unspecified atom stereocenters. The fraction of sp³-hybridized carbons (Fsp3) is 0.400. The number of nitrogens with one attached hydrogen (secondary N) is 1. The van der Waals surface area contributed by atoms with E-state index in [1.54, 1.807) is 13.2 Å². The van der Waals surface area contributed by atoms with Crippen LogP contribution in [0.5, 0.6) is 5.75 Å². The quantitative estimate of drug-likeness (QED) is 0.830. The molecule has 84 valence electrons. The molecule has 0 spiro atoms. The molecule has 3 nitrogen and oxygen atoms in total. The highest BCUT2D eigenvalue weighted by atomic mass is 35.5. The number of halogens is 2. The van der Waals surface area contributed by atoms with Crippen LogP contribution in [-0.2, 0) is 0 Å². The Hall–Kier alpha value is -0.640. The van der Waals surface area contributed by atoms with Crippen molar-refractivity contribution in [3.05, 3.63) is 22.2 Å². The molecule has 1 aromatic rings. The van der Waals surface area contributed by atoms with Crippen LogP contribution in [-0.4, -0.2) is 27.9 Å². The molecule has 0 radical (unpaired) electrons. The van der Waals surface area contributed by atoms with E-state index >= 15 is 0 Å². The predicted octanol–water partition coefficient (Wildman–Crippen LogP) is 2.62. The fourth-order valence-corrected chi connectivity index (χ4v) is 1.83. The maximum atomic E-state index is 6.13. The van der Waals surface area contributed by atoms with Crippen LogP contribution in [0.2, 0.25) is 10.0 Å².